The first-order valence-electron chi connectivity index (χ1n) is 11.6. The van der Waals surface area contributed by atoms with Crippen LogP contribution in [0.25, 0.3) is 0 Å². The molecule has 1 saturated carbocycles. The Labute approximate surface area is 210 Å². The van der Waals surface area contributed by atoms with Crippen LogP contribution >= 0.6 is 0 Å². The molecule has 198 valence electrons. The maximum atomic E-state index is 13.5. The van der Waals surface area contributed by atoms with Gasteiger partial charge in [0.05, 0.1) is 16.2 Å². The predicted molar refractivity (Wildman–Crippen MR) is 125 cm³/mol. The molecule has 1 unspecified atom stereocenters. The molecule has 2 heterocycles. The summed E-state index contributed by atoms with van der Waals surface area (Å²) in [5.74, 6) is -2.32. The number of ketones is 1. The predicted octanol–water partition coefficient (Wildman–Crippen LogP) is 1.93. The van der Waals surface area contributed by atoms with Crippen molar-refractivity contribution < 1.29 is 36.0 Å². The molecule has 9 nitrogen and oxygen atoms in total. The van der Waals surface area contributed by atoms with Crippen molar-refractivity contribution in [3.05, 3.63) is 59.4 Å². The minimum atomic E-state index is -4.69. The number of amides is 2. The lowest BCUT2D eigenvalue weighted by Gasteiger charge is -2.32. The van der Waals surface area contributed by atoms with E-state index in [4.69, 9.17) is 5.73 Å². The summed E-state index contributed by atoms with van der Waals surface area (Å²) in [5, 5.41) is 4.75. The van der Waals surface area contributed by atoms with E-state index in [0.717, 1.165) is 18.7 Å². The first-order chi connectivity index (χ1) is 17.4. The Hall–Kier alpha value is -3.32. The summed E-state index contributed by atoms with van der Waals surface area (Å²) >= 11 is 0. The number of nitrogens with one attached hydrogen (secondary N) is 2. The van der Waals surface area contributed by atoms with E-state index < -0.39 is 62.6 Å². The van der Waals surface area contributed by atoms with Gasteiger partial charge in [0, 0.05) is 23.2 Å². The first-order valence-corrected chi connectivity index (χ1v) is 13.2. The molecule has 0 bridgehead atoms. The fourth-order valence-electron chi connectivity index (χ4n) is 4.43. The Kier molecular flexibility index (Phi) is 7.38. The number of Topliss-reactive ketones (excluding diaryl/α,β-unsaturated/α-hetero) is 1. The highest BCUT2D eigenvalue weighted by molar-refractivity contribution is 7.92. The highest BCUT2D eigenvalue weighted by Gasteiger charge is 2.42. The van der Waals surface area contributed by atoms with Gasteiger partial charge in [-0.05, 0) is 50.4 Å². The van der Waals surface area contributed by atoms with Crippen LogP contribution < -0.4 is 16.4 Å². The molecular weight excluding hydrogens is 513 g/mol. The molecule has 1 saturated heterocycles. The number of primary amides is 1. The van der Waals surface area contributed by atoms with Crippen LogP contribution in [-0.2, 0) is 25.6 Å². The quantitative estimate of drug-likeness (QED) is 0.435. The molecule has 1 aromatic heterocycles. The maximum Gasteiger partial charge on any atom is 0.433 e. The van der Waals surface area contributed by atoms with Crippen molar-refractivity contribution >= 4 is 27.4 Å². The van der Waals surface area contributed by atoms with Crippen molar-refractivity contribution in [2.75, 3.05) is 6.54 Å². The molecule has 2 aliphatic rings. The molecule has 2 amide bonds. The average Bonchev–Trinajstić information content (AvgIpc) is 3.35. The van der Waals surface area contributed by atoms with Gasteiger partial charge in [-0.2, -0.15) is 13.2 Å². The second-order valence-electron chi connectivity index (χ2n) is 9.19. The lowest BCUT2D eigenvalue weighted by Crippen LogP contribution is -2.44. The Morgan fingerprint density at radius 1 is 1.14 bits per heavy atom. The zero-order valence-electron chi connectivity index (χ0n) is 19.5. The fraction of sp³-hybridized carbons (Fsp3) is 0.417. The highest BCUT2D eigenvalue weighted by atomic mass is 32.2. The van der Waals surface area contributed by atoms with Crippen molar-refractivity contribution in [3.8, 4) is 0 Å². The molecule has 1 aliphatic carbocycles. The first kappa shape index (κ1) is 26.7. The molecule has 37 heavy (non-hydrogen) atoms. The minimum absolute atomic E-state index is 0.0147. The molecular formula is C24H25F3N4O5S. The van der Waals surface area contributed by atoms with Crippen LogP contribution in [0.4, 0.5) is 13.2 Å². The van der Waals surface area contributed by atoms with Crippen molar-refractivity contribution in [1.82, 2.24) is 15.6 Å². The third kappa shape index (κ3) is 5.67. The number of halogens is 3. The Morgan fingerprint density at radius 2 is 1.86 bits per heavy atom. The lowest BCUT2D eigenvalue weighted by molar-refractivity contribution is -0.141. The number of carbonyl (C=O) groups excluding carboxylic acids is 3. The highest BCUT2D eigenvalue weighted by Crippen LogP contribution is 2.36. The molecule has 2 atom stereocenters. The van der Waals surface area contributed by atoms with E-state index in [2.05, 4.69) is 15.6 Å². The van der Waals surface area contributed by atoms with Gasteiger partial charge in [-0.1, -0.05) is 18.2 Å². The second kappa shape index (κ2) is 10.2. The van der Waals surface area contributed by atoms with Gasteiger partial charge in [0.15, 0.2) is 15.6 Å². The fourth-order valence-corrected chi connectivity index (χ4v) is 6.35. The van der Waals surface area contributed by atoms with Crippen LogP contribution in [0.1, 0.15) is 53.3 Å². The van der Waals surface area contributed by atoms with Crippen LogP contribution in [0.3, 0.4) is 0 Å². The number of carbonyl (C=O) groups is 3. The SMILES string of the molecule is NC(=O)C1CC(S(=O)(=O)c2cccc(C(=O)[C@H](NC(=O)C3CCCN3)c3ccc(C(F)(F)F)nc3)c2)C1. The average molecular weight is 539 g/mol. The number of hydrogen-bond donors (Lipinski definition) is 3. The molecule has 2 aromatic rings. The van der Waals surface area contributed by atoms with Gasteiger partial charge >= 0.3 is 6.18 Å². The molecule has 0 radical (unpaired) electrons. The summed E-state index contributed by atoms with van der Waals surface area (Å²) in [5.41, 5.74) is 4.03. The van der Waals surface area contributed by atoms with E-state index in [1.165, 1.54) is 24.3 Å². The number of rotatable bonds is 8. The third-order valence-corrected chi connectivity index (χ3v) is 8.89. The van der Waals surface area contributed by atoms with Gasteiger partial charge in [-0.3, -0.25) is 19.4 Å². The topological polar surface area (TPSA) is 148 Å². The monoisotopic (exact) mass is 538 g/mol. The summed E-state index contributed by atoms with van der Waals surface area (Å²) in [6, 6.07) is 5.01. The van der Waals surface area contributed by atoms with Crippen molar-refractivity contribution in [1.29, 1.82) is 0 Å². The van der Waals surface area contributed by atoms with Crippen molar-refractivity contribution in [2.45, 2.75) is 54.1 Å². The number of aromatic nitrogens is 1. The second-order valence-corrected chi connectivity index (χ2v) is 11.4. The molecule has 4 rings (SSSR count). The van der Waals surface area contributed by atoms with Crippen LogP contribution in [0.5, 0.6) is 0 Å². The number of pyridine rings is 1. The Bertz CT molecular complexity index is 1300. The number of sulfone groups is 1. The molecule has 0 spiro atoms. The summed E-state index contributed by atoms with van der Waals surface area (Å²) in [6.45, 7) is 0.607. The van der Waals surface area contributed by atoms with E-state index >= 15 is 0 Å². The standard InChI is InChI=1S/C24H25F3N4O5S/c25-24(26,27)19-7-6-14(12-30-19)20(31-23(34)18-5-2-8-29-18)21(32)13-3-1-4-16(9-13)37(35,36)17-10-15(11-17)22(28)33/h1,3-4,6-7,9,12,15,17-18,20,29H,2,5,8,10-11H2,(H2,28,33)(H,31,34)/t15?,17?,18?,20-/m1/s1. The van der Waals surface area contributed by atoms with Gasteiger partial charge in [-0.25, -0.2) is 8.42 Å². The Morgan fingerprint density at radius 3 is 2.43 bits per heavy atom. The summed E-state index contributed by atoms with van der Waals surface area (Å²) < 4.78 is 65.0. The van der Waals surface area contributed by atoms with Crippen molar-refractivity contribution in [3.63, 3.8) is 0 Å². The van der Waals surface area contributed by atoms with E-state index in [9.17, 15) is 36.0 Å². The molecule has 2 fully saturated rings. The van der Waals surface area contributed by atoms with E-state index in [-0.39, 0.29) is 28.9 Å². The normalized spacial score (nSPS) is 22.6. The molecule has 1 aromatic carbocycles. The molecule has 4 N–H and O–H groups in total. The number of hydrogen-bond acceptors (Lipinski definition) is 7. The van der Waals surface area contributed by atoms with E-state index in [1.807, 2.05) is 0 Å². The van der Waals surface area contributed by atoms with Crippen molar-refractivity contribution in [2.24, 2.45) is 11.7 Å². The van der Waals surface area contributed by atoms with Gasteiger partial charge in [-0.15, -0.1) is 0 Å². The summed E-state index contributed by atoms with van der Waals surface area (Å²) in [4.78, 5) is 40.8. The number of benzene rings is 1. The van der Waals surface area contributed by atoms with Crippen LogP contribution in [0.15, 0.2) is 47.5 Å². The lowest BCUT2D eigenvalue weighted by atomic mass is 9.84. The number of nitrogens with zero attached hydrogens (tertiary/aromatic N) is 1. The zero-order chi connectivity index (χ0) is 27.0. The maximum absolute atomic E-state index is 13.5. The zero-order valence-corrected chi connectivity index (χ0v) is 20.3. The van der Waals surface area contributed by atoms with Gasteiger partial charge in [0.25, 0.3) is 0 Å². The smallest absolute Gasteiger partial charge is 0.369 e. The minimum Gasteiger partial charge on any atom is -0.369 e. The number of nitrogens with two attached hydrogens (primary N) is 1. The molecule has 13 heteroatoms. The van der Waals surface area contributed by atoms with Crippen LogP contribution in [-0.4, -0.2) is 48.8 Å². The van der Waals surface area contributed by atoms with E-state index in [1.54, 1.807) is 0 Å². The summed E-state index contributed by atoms with van der Waals surface area (Å²) in [7, 11) is -3.87. The Balaban J connectivity index is 1.63. The van der Waals surface area contributed by atoms with Crippen LogP contribution in [0.2, 0.25) is 0 Å². The number of alkyl halides is 3. The van der Waals surface area contributed by atoms with Gasteiger partial charge < -0.3 is 16.4 Å². The van der Waals surface area contributed by atoms with E-state index in [0.29, 0.717) is 19.0 Å². The largest absolute Gasteiger partial charge is 0.433 e. The third-order valence-electron chi connectivity index (χ3n) is 6.72. The van der Waals surface area contributed by atoms with Gasteiger partial charge in [0.2, 0.25) is 11.8 Å². The van der Waals surface area contributed by atoms with Gasteiger partial charge in [0.1, 0.15) is 11.7 Å². The molecule has 1 aliphatic heterocycles. The van der Waals surface area contributed by atoms with Crippen LogP contribution in [0, 0.1) is 5.92 Å². The summed E-state index contributed by atoms with van der Waals surface area (Å²) in [6.07, 6.45) is -2.38.